The monoisotopic (exact) mass is 461 g/mol. The van der Waals surface area contributed by atoms with E-state index >= 15 is 0 Å². The normalized spacial score (nSPS) is 13.9. The van der Waals surface area contributed by atoms with Crippen molar-refractivity contribution in [2.75, 3.05) is 17.7 Å². The summed E-state index contributed by atoms with van der Waals surface area (Å²) in [6.45, 7) is 2.53. The van der Waals surface area contributed by atoms with Gasteiger partial charge in [0.2, 0.25) is 0 Å². The van der Waals surface area contributed by atoms with E-state index in [0.717, 1.165) is 11.1 Å². The number of hydrogen-bond acceptors (Lipinski definition) is 4. The molecule has 0 saturated heterocycles. The van der Waals surface area contributed by atoms with Crippen LogP contribution in [0.3, 0.4) is 0 Å². The van der Waals surface area contributed by atoms with Crippen molar-refractivity contribution < 1.29 is 17.6 Å². The first-order valence-corrected chi connectivity index (χ1v) is 12.0. The van der Waals surface area contributed by atoms with Crippen LogP contribution in [0.1, 0.15) is 33.6 Å². The maximum Gasteiger partial charge on any atom is 0.263 e. The molecule has 1 aliphatic rings. The van der Waals surface area contributed by atoms with Crippen LogP contribution in [0.4, 0.5) is 10.1 Å². The van der Waals surface area contributed by atoms with Gasteiger partial charge in [-0.3, -0.25) is 4.79 Å². The van der Waals surface area contributed by atoms with Crippen molar-refractivity contribution in [1.82, 2.24) is 9.78 Å². The summed E-state index contributed by atoms with van der Waals surface area (Å²) in [5.74, 6) is -0.605. The molecule has 6 nitrogen and oxygen atoms in total. The first-order valence-electron chi connectivity index (χ1n) is 9.77. The summed E-state index contributed by atoms with van der Waals surface area (Å²) in [5.41, 5.74) is 3.11. The molecule has 0 atom stereocenters. The van der Waals surface area contributed by atoms with Gasteiger partial charge < -0.3 is 4.90 Å². The molecule has 0 saturated carbocycles. The number of hydrogen-bond donors (Lipinski definition) is 0. The Hall–Kier alpha value is -2.71. The minimum absolute atomic E-state index is 0.215. The molecule has 3 aromatic rings. The fraction of sp³-hybridized carbons (Fsp3) is 0.273. The molecular formula is C22H21ClFN3O3S. The van der Waals surface area contributed by atoms with E-state index in [4.69, 9.17) is 11.6 Å². The summed E-state index contributed by atoms with van der Waals surface area (Å²) in [6.07, 6.45) is 2.57. The van der Waals surface area contributed by atoms with Crippen molar-refractivity contribution >= 4 is 33.0 Å². The minimum Gasteiger partial charge on any atom is -0.308 e. The Morgan fingerprint density at radius 1 is 1.19 bits per heavy atom. The molecule has 0 aliphatic carbocycles. The van der Waals surface area contributed by atoms with Gasteiger partial charge in [0, 0.05) is 18.5 Å². The highest BCUT2D eigenvalue weighted by Crippen LogP contribution is 2.32. The predicted octanol–water partition coefficient (Wildman–Crippen LogP) is 4.03. The smallest absolute Gasteiger partial charge is 0.263 e. The van der Waals surface area contributed by atoms with Crippen LogP contribution in [-0.4, -0.2) is 36.9 Å². The maximum absolute atomic E-state index is 13.4. The van der Waals surface area contributed by atoms with Crippen molar-refractivity contribution in [2.45, 2.75) is 31.2 Å². The Balaban J connectivity index is 1.67. The highest BCUT2D eigenvalue weighted by molar-refractivity contribution is 7.90. The molecule has 1 amide bonds. The van der Waals surface area contributed by atoms with Crippen LogP contribution in [0.2, 0.25) is 5.15 Å². The molecule has 2 heterocycles. The Morgan fingerprint density at radius 2 is 1.90 bits per heavy atom. The van der Waals surface area contributed by atoms with Gasteiger partial charge in [0.25, 0.3) is 5.91 Å². The molecule has 0 fully saturated rings. The van der Waals surface area contributed by atoms with Gasteiger partial charge in [-0.15, -0.1) is 0 Å². The number of rotatable bonds is 4. The largest absolute Gasteiger partial charge is 0.308 e. The predicted molar refractivity (Wildman–Crippen MR) is 117 cm³/mol. The molecule has 0 unspecified atom stereocenters. The zero-order valence-electron chi connectivity index (χ0n) is 17.1. The number of anilines is 1. The van der Waals surface area contributed by atoms with E-state index in [2.05, 4.69) is 5.10 Å². The van der Waals surface area contributed by atoms with Crippen LogP contribution in [0.25, 0.3) is 0 Å². The lowest BCUT2D eigenvalue weighted by atomic mass is 10.0. The summed E-state index contributed by atoms with van der Waals surface area (Å²) in [7, 11) is -3.33. The van der Waals surface area contributed by atoms with E-state index in [9.17, 15) is 17.6 Å². The zero-order valence-corrected chi connectivity index (χ0v) is 18.7. The van der Waals surface area contributed by atoms with Gasteiger partial charge in [-0.1, -0.05) is 23.7 Å². The van der Waals surface area contributed by atoms with Crippen molar-refractivity contribution in [1.29, 1.82) is 0 Å². The maximum atomic E-state index is 13.4. The lowest BCUT2D eigenvalue weighted by Crippen LogP contribution is -2.36. The molecule has 0 radical (unpaired) electrons. The molecule has 0 spiro atoms. The van der Waals surface area contributed by atoms with E-state index in [1.807, 2.05) is 0 Å². The molecule has 162 valence electrons. The second-order valence-corrected chi connectivity index (χ2v) is 10.0. The third kappa shape index (κ3) is 4.22. The number of benzene rings is 2. The SMILES string of the molecule is Cc1nn(Cc2ccc(F)cc2)c(Cl)c1C(=O)N1CCCc2cc(S(C)(=O)=O)ccc21. The summed E-state index contributed by atoms with van der Waals surface area (Å²) < 4.78 is 38.5. The van der Waals surface area contributed by atoms with Crippen LogP contribution in [0.15, 0.2) is 47.4 Å². The zero-order chi connectivity index (χ0) is 22.3. The van der Waals surface area contributed by atoms with Crippen molar-refractivity contribution in [2.24, 2.45) is 0 Å². The number of fused-ring (bicyclic) bond motifs is 1. The molecule has 4 rings (SSSR count). The summed E-state index contributed by atoms with van der Waals surface area (Å²) in [5, 5.41) is 4.62. The Morgan fingerprint density at radius 3 is 2.58 bits per heavy atom. The first-order chi connectivity index (χ1) is 14.6. The van der Waals surface area contributed by atoms with E-state index in [1.54, 1.807) is 36.1 Å². The molecule has 0 bridgehead atoms. The molecule has 1 aliphatic heterocycles. The highest BCUT2D eigenvalue weighted by atomic mass is 35.5. The molecule has 0 N–H and O–H groups in total. The van der Waals surface area contributed by atoms with E-state index < -0.39 is 9.84 Å². The molecule has 31 heavy (non-hydrogen) atoms. The number of sulfone groups is 1. The molecule has 2 aromatic carbocycles. The highest BCUT2D eigenvalue weighted by Gasteiger charge is 2.29. The average molecular weight is 462 g/mol. The lowest BCUT2D eigenvalue weighted by Gasteiger charge is -2.30. The van der Waals surface area contributed by atoms with E-state index in [-0.39, 0.29) is 21.8 Å². The first kappa shape index (κ1) is 21.5. The van der Waals surface area contributed by atoms with Crippen LogP contribution >= 0.6 is 11.6 Å². The number of nitrogens with zero attached hydrogens (tertiary/aromatic N) is 3. The quantitative estimate of drug-likeness (QED) is 0.588. The Kier molecular flexibility index (Phi) is 5.61. The Labute approximate surface area is 185 Å². The number of carbonyl (C=O) groups excluding carboxylic acids is 1. The van der Waals surface area contributed by atoms with Gasteiger partial charge in [-0.2, -0.15) is 5.10 Å². The lowest BCUT2D eigenvalue weighted by molar-refractivity contribution is 0.0984. The number of aromatic nitrogens is 2. The second-order valence-electron chi connectivity index (χ2n) is 7.66. The molecular weight excluding hydrogens is 441 g/mol. The second kappa shape index (κ2) is 8.09. The summed E-state index contributed by atoms with van der Waals surface area (Å²) >= 11 is 6.54. The standard InChI is InChI=1S/C22H21ClFN3O3S/c1-14-20(21(23)27(25-14)13-15-5-7-17(24)8-6-15)22(28)26-11-3-4-16-12-18(31(2,29)30)9-10-19(16)26/h5-10,12H,3-4,11,13H2,1-2H3. The summed E-state index contributed by atoms with van der Waals surface area (Å²) in [4.78, 5) is 15.3. The number of carbonyl (C=O) groups is 1. The molecule has 9 heteroatoms. The van der Waals surface area contributed by atoms with Crippen molar-refractivity contribution in [3.8, 4) is 0 Å². The van der Waals surface area contributed by atoms with Gasteiger partial charge in [0.15, 0.2) is 9.84 Å². The number of aryl methyl sites for hydroxylation is 2. The van der Waals surface area contributed by atoms with E-state index in [0.29, 0.717) is 42.9 Å². The van der Waals surface area contributed by atoms with Crippen LogP contribution in [0.5, 0.6) is 0 Å². The van der Waals surface area contributed by atoms with Gasteiger partial charge in [0.05, 0.1) is 22.7 Å². The van der Waals surface area contributed by atoms with Crippen molar-refractivity contribution in [3.63, 3.8) is 0 Å². The van der Waals surface area contributed by atoms with Gasteiger partial charge >= 0.3 is 0 Å². The topological polar surface area (TPSA) is 72.3 Å². The van der Waals surface area contributed by atoms with Crippen LogP contribution in [0, 0.1) is 12.7 Å². The van der Waals surface area contributed by atoms with Crippen LogP contribution < -0.4 is 4.90 Å². The average Bonchev–Trinajstić information content (AvgIpc) is 3.00. The van der Waals surface area contributed by atoms with Gasteiger partial charge in [-0.05, 0) is 61.2 Å². The van der Waals surface area contributed by atoms with Crippen molar-refractivity contribution in [3.05, 3.63) is 75.8 Å². The van der Waals surface area contributed by atoms with E-state index in [1.165, 1.54) is 29.1 Å². The van der Waals surface area contributed by atoms with Gasteiger partial charge in [-0.25, -0.2) is 17.5 Å². The van der Waals surface area contributed by atoms with Crippen LogP contribution in [-0.2, 0) is 22.8 Å². The number of halogens is 2. The summed E-state index contributed by atoms with van der Waals surface area (Å²) in [6, 6.07) is 10.8. The fourth-order valence-electron chi connectivity index (χ4n) is 3.81. The Bertz CT molecular complexity index is 1270. The number of amides is 1. The minimum atomic E-state index is -3.33. The molecule has 1 aromatic heterocycles. The third-order valence-electron chi connectivity index (χ3n) is 5.37. The fourth-order valence-corrected chi connectivity index (χ4v) is 4.80. The van der Waals surface area contributed by atoms with Gasteiger partial charge in [0.1, 0.15) is 11.0 Å². The third-order valence-corrected chi connectivity index (χ3v) is 6.86.